The fourth-order valence-electron chi connectivity index (χ4n) is 1.78. The van der Waals surface area contributed by atoms with Crippen LogP contribution in [0.3, 0.4) is 0 Å². The van der Waals surface area contributed by atoms with E-state index in [0.29, 0.717) is 18.0 Å². The number of carbonyl (C=O) groups excluding carboxylic acids is 3. The number of unbranched alkanes of at least 4 members (excludes halogenated alkanes) is 1. The maximum Gasteiger partial charge on any atom is 0.328 e. The molecule has 0 aliphatic heterocycles. The van der Waals surface area contributed by atoms with Crippen molar-refractivity contribution in [1.82, 2.24) is 16.0 Å². The van der Waals surface area contributed by atoms with Gasteiger partial charge in [-0.1, -0.05) is 43.1 Å². The monoisotopic (exact) mass is 362 g/mol. The lowest BCUT2D eigenvalue weighted by Crippen LogP contribution is -2.43. The second-order valence-corrected chi connectivity index (χ2v) is 5.48. The van der Waals surface area contributed by atoms with E-state index in [-0.39, 0.29) is 12.0 Å². The van der Waals surface area contributed by atoms with Crippen LogP contribution >= 0.6 is 11.6 Å². The number of nitrogens with zero attached hydrogens (tertiary/aromatic N) is 1. The van der Waals surface area contributed by atoms with E-state index >= 15 is 0 Å². The number of rotatable bonds is 7. The summed E-state index contributed by atoms with van der Waals surface area (Å²) in [6, 6.07) is 7.84. The molecule has 0 saturated heterocycles. The van der Waals surface area contributed by atoms with Crippen molar-refractivity contribution < 1.29 is 14.4 Å². The molecule has 0 radical (unpaired) electrons. The number of imide groups is 2. The molecule has 25 heavy (non-hydrogen) atoms. The Bertz CT molecular complexity index is 710. The number of urea groups is 1. The van der Waals surface area contributed by atoms with E-state index in [1.165, 1.54) is 6.20 Å². The van der Waals surface area contributed by atoms with Crippen molar-refractivity contribution in [2.24, 2.45) is 0 Å². The molecule has 4 amide bonds. The molecule has 0 saturated carbocycles. The summed E-state index contributed by atoms with van der Waals surface area (Å²) in [6.45, 7) is 2.22. The van der Waals surface area contributed by atoms with Crippen LogP contribution in [-0.4, -0.2) is 17.8 Å². The van der Waals surface area contributed by atoms with Gasteiger partial charge in [0.1, 0.15) is 11.6 Å². The highest BCUT2D eigenvalue weighted by Gasteiger charge is 2.14. The van der Waals surface area contributed by atoms with Crippen LogP contribution in [0.25, 0.3) is 0 Å². The van der Waals surface area contributed by atoms with Crippen LogP contribution in [-0.2, 0) is 16.1 Å². The summed E-state index contributed by atoms with van der Waals surface area (Å²) in [7, 11) is 0. The highest BCUT2D eigenvalue weighted by molar-refractivity contribution is 6.31. The molecule has 7 nitrogen and oxygen atoms in total. The van der Waals surface area contributed by atoms with Crippen LogP contribution in [0.1, 0.15) is 31.7 Å². The van der Waals surface area contributed by atoms with Gasteiger partial charge < -0.3 is 5.32 Å². The molecule has 3 N–H and O–H groups in total. The summed E-state index contributed by atoms with van der Waals surface area (Å²) in [5, 5.41) is 16.3. The Hall–Kier alpha value is -2.85. The fourth-order valence-corrected chi connectivity index (χ4v) is 1.98. The highest BCUT2D eigenvalue weighted by atomic mass is 35.5. The van der Waals surface area contributed by atoms with Gasteiger partial charge in [-0.2, -0.15) is 5.26 Å². The number of hydrogen-bond donors (Lipinski definition) is 3. The van der Waals surface area contributed by atoms with E-state index in [1.54, 1.807) is 24.3 Å². The molecule has 0 aliphatic carbocycles. The summed E-state index contributed by atoms with van der Waals surface area (Å²) < 4.78 is 0. The second-order valence-electron chi connectivity index (χ2n) is 5.08. The number of amides is 4. The third kappa shape index (κ3) is 7.50. The average molecular weight is 363 g/mol. The molecule has 1 aromatic carbocycles. The van der Waals surface area contributed by atoms with Crippen molar-refractivity contribution >= 4 is 29.4 Å². The third-order valence-corrected chi connectivity index (χ3v) is 3.47. The SMILES string of the molecule is CCCCC(=O)NC(=O)NC(=O)/C(C#N)=C\NCc1ccccc1Cl. The third-order valence-electron chi connectivity index (χ3n) is 3.10. The normalized spacial score (nSPS) is 10.5. The number of nitrogens with one attached hydrogen (secondary N) is 3. The van der Waals surface area contributed by atoms with E-state index in [4.69, 9.17) is 16.9 Å². The zero-order valence-corrected chi connectivity index (χ0v) is 14.5. The fraction of sp³-hybridized carbons (Fsp3) is 0.294. The molecule has 0 fully saturated rings. The molecule has 0 bridgehead atoms. The smallest absolute Gasteiger partial charge is 0.328 e. The molecule has 0 atom stereocenters. The summed E-state index contributed by atoms with van der Waals surface area (Å²) in [5.74, 6) is -1.39. The Labute approximate surface area is 151 Å². The van der Waals surface area contributed by atoms with E-state index in [2.05, 4.69) is 5.32 Å². The van der Waals surface area contributed by atoms with Crippen LogP contribution in [0.2, 0.25) is 5.02 Å². The second kappa shape index (κ2) is 10.8. The zero-order chi connectivity index (χ0) is 18.7. The first kappa shape index (κ1) is 20.2. The largest absolute Gasteiger partial charge is 0.386 e. The van der Waals surface area contributed by atoms with E-state index < -0.39 is 17.8 Å². The Kier molecular flexibility index (Phi) is 8.75. The molecular weight excluding hydrogens is 344 g/mol. The van der Waals surface area contributed by atoms with Crippen LogP contribution in [0, 0.1) is 11.3 Å². The first-order valence-electron chi connectivity index (χ1n) is 7.70. The van der Waals surface area contributed by atoms with Gasteiger partial charge in [0.2, 0.25) is 5.91 Å². The van der Waals surface area contributed by atoms with Gasteiger partial charge in [-0.3, -0.25) is 20.2 Å². The Morgan fingerprint density at radius 1 is 1.24 bits per heavy atom. The minimum absolute atomic E-state index is 0.193. The topological polar surface area (TPSA) is 111 Å². The van der Waals surface area contributed by atoms with Crippen molar-refractivity contribution in [2.45, 2.75) is 32.7 Å². The van der Waals surface area contributed by atoms with Gasteiger partial charge in [0, 0.05) is 24.2 Å². The van der Waals surface area contributed by atoms with Gasteiger partial charge in [0.15, 0.2) is 0 Å². The maximum absolute atomic E-state index is 11.8. The van der Waals surface area contributed by atoms with E-state index in [9.17, 15) is 14.4 Å². The summed E-state index contributed by atoms with van der Waals surface area (Å²) in [6.07, 6.45) is 2.83. The Balaban J connectivity index is 2.53. The zero-order valence-electron chi connectivity index (χ0n) is 13.8. The lowest BCUT2D eigenvalue weighted by atomic mass is 10.2. The molecular formula is C17H19ClN4O3. The number of benzene rings is 1. The first-order chi connectivity index (χ1) is 12.0. The Morgan fingerprint density at radius 2 is 1.96 bits per heavy atom. The molecule has 1 rings (SSSR count). The minimum atomic E-state index is -0.960. The molecule has 132 valence electrons. The molecule has 0 aliphatic rings. The molecule has 8 heteroatoms. The van der Waals surface area contributed by atoms with Gasteiger partial charge in [-0.25, -0.2) is 4.79 Å². The summed E-state index contributed by atoms with van der Waals surface area (Å²) >= 11 is 6.00. The summed E-state index contributed by atoms with van der Waals surface area (Å²) in [4.78, 5) is 34.8. The molecule has 0 spiro atoms. The number of carbonyl (C=O) groups is 3. The molecule has 0 aromatic heterocycles. The molecule has 0 unspecified atom stereocenters. The van der Waals surface area contributed by atoms with Crippen molar-refractivity contribution in [3.63, 3.8) is 0 Å². The van der Waals surface area contributed by atoms with Crippen LogP contribution < -0.4 is 16.0 Å². The molecule has 1 aromatic rings. The van der Waals surface area contributed by atoms with Gasteiger partial charge in [-0.15, -0.1) is 0 Å². The predicted octanol–water partition coefficient (Wildman–Crippen LogP) is 2.38. The van der Waals surface area contributed by atoms with Crippen LogP contribution in [0.4, 0.5) is 4.79 Å². The minimum Gasteiger partial charge on any atom is -0.386 e. The van der Waals surface area contributed by atoms with Gasteiger partial charge in [0.05, 0.1) is 0 Å². The van der Waals surface area contributed by atoms with Crippen molar-refractivity contribution in [3.8, 4) is 6.07 Å². The van der Waals surface area contributed by atoms with Crippen LogP contribution in [0.5, 0.6) is 0 Å². The number of halogens is 1. The van der Waals surface area contributed by atoms with Crippen molar-refractivity contribution in [2.75, 3.05) is 0 Å². The summed E-state index contributed by atoms with van der Waals surface area (Å²) in [5.41, 5.74) is 0.487. The average Bonchev–Trinajstić information content (AvgIpc) is 2.58. The number of nitriles is 1. The maximum atomic E-state index is 11.8. The standard InChI is InChI=1S/C17H19ClN4O3/c1-2-3-8-15(23)21-17(25)22-16(24)13(9-19)11-20-10-12-6-4-5-7-14(12)18/h4-7,11,20H,2-3,8,10H2,1H3,(H2,21,22,23,24,25)/b13-11-. The Morgan fingerprint density at radius 3 is 2.60 bits per heavy atom. The predicted molar refractivity (Wildman–Crippen MR) is 93.2 cm³/mol. The van der Waals surface area contributed by atoms with Crippen molar-refractivity contribution in [1.29, 1.82) is 5.26 Å². The quantitative estimate of drug-likeness (QED) is 0.509. The number of hydrogen-bond acceptors (Lipinski definition) is 5. The van der Waals surface area contributed by atoms with Gasteiger partial charge in [-0.05, 0) is 18.1 Å². The van der Waals surface area contributed by atoms with E-state index in [0.717, 1.165) is 12.0 Å². The lowest BCUT2D eigenvalue weighted by Gasteiger charge is -2.06. The van der Waals surface area contributed by atoms with E-state index in [1.807, 2.05) is 23.6 Å². The van der Waals surface area contributed by atoms with Crippen molar-refractivity contribution in [3.05, 3.63) is 46.6 Å². The lowest BCUT2D eigenvalue weighted by molar-refractivity contribution is -0.120. The van der Waals surface area contributed by atoms with Gasteiger partial charge >= 0.3 is 6.03 Å². The van der Waals surface area contributed by atoms with Gasteiger partial charge in [0.25, 0.3) is 5.91 Å². The highest BCUT2D eigenvalue weighted by Crippen LogP contribution is 2.14. The molecule has 0 heterocycles. The van der Waals surface area contributed by atoms with Crippen LogP contribution in [0.15, 0.2) is 36.0 Å². The first-order valence-corrected chi connectivity index (χ1v) is 8.08.